The van der Waals surface area contributed by atoms with Gasteiger partial charge in [-0.3, -0.25) is 0 Å². The fraction of sp³-hybridized carbons (Fsp3) is 0.500. The van der Waals surface area contributed by atoms with Crippen molar-refractivity contribution in [1.29, 1.82) is 0 Å². The van der Waals surface area contributed by atoms with Crippen molar-refractivity contribution in [2.75, 3.05) is 0 Å². The molecular formula is C14H18BrNO2. The molecule has 0 heterocycles. The highest BCUT2D eigenvalue weighted by Gasteiger charge is 2.44. The topological polar surface area (TPSA) is 52.3 Å². The summed E-state index contributed by atoms with van der Waals surface area (Å²) in [5.41, 5.74) is 6.78. The zero-order chi connectivity index (χ0) is 13.6. The molecular weight excluding hydrogens is 294 g/mol. The van der Waals surface area contributed by atoms with Crippen molar-refractivity contribution in [3.8, 4) is 0 Å². The third kappa shape index (κ3) is 2.45. The van der Waals surface area contributed by atoms with E-state index in [-0.39, 0.29) is 5.97 Å². The first kappa shape index (κ1) is 13.6. The molecule has 1 atom stereocenters. The Hall–Kier alpha value is -0.870. The van der Waals surface area contributed by atoms with Gasteiger partial charge in [0, 0.05) is 4.47 Å². The first-order chi connectivity index (χ1) is 8.22. The van der Waals surface area contributed by atoms with Crippen LogP contribution in [0.5, 0.6) is 0 Å². The van der Waals surface area contributed by atoms with Gasteiger partial charge in [0.15, 0.2) is 0 Å². The van der Waals surface area contributed by atoms with Crippen molar-refractivity contribution < 1.29 is 9.53 Å². The van der Waals surface area contributed by atoms with E-state index in [1.807, 2.05) is 39.0 Å². The summed E-state index contributed by atoms with van der Waals surface area (Å²) in [5.74, 6) is -0.337. The Morgan fingerprint density at radius 3 is 2.72 bits per heavy atom. The summed E-state index contributed by atoms with van der Waals surface area (Å²) in [6.07, 6.45) is 1.41. The van der Waals surface area contributed by atoms with Gasteiger partial charge in [0.1, 0.15) is 11.1 Å². The van der Waals surface area contributed by atoms with Crippen LogP contribution < -0.4 is 5.73 Å². The monoisotopic (exact) mass is 311 g/mol. The molecule has 0 saturated carbocycles. The van der Waals surface area contributed by atoms with Gasteiger partial charge in [-0.1, -0.05) is 22.0 Å². The van der Waals surface area contributed by atoms with Gasteiger partial charge < -0.3 is 10.5 Å². The minimum absolute atomic E-state index is 0.337. The van der Waals surface area contributed by atoms with E-state index in [0.29, 0.717) is 6.42 Å². The molecule has 0 amide bonds. The first-order valence-corrected chi connectivity index (χ1v) is 6.83. The number of hydrogen-bond donors (Lipinski definition) is 1. The Kier molecular flexibility index (Phi) is 3.28. The molecule has 0 aromatic heterocycles. The first-order valence-electron chi connectivity index (χ1n) is 6.04. The summed E-state index contributed by atoms with van der Waals surface area (Å²) >= 11 is 3.43. The molecule has 2 rings (SSSR count). The molecule has 1 aliphatic rings. The number of esters is 1. The molecule has 3 nitrogen and oxygen atoms in total. The predicted octanol–water partition coefficient (Wildman–Crippen LogP) is 2.89. The van der Waals surface area contributed by atoms with Crippen molar-refractivity contribution >= 4 is 21.9 Å². The Morgan fingerprint density at radius 2 is 2.11 bits per heavy atom. The van der Waals surface area contributed by atoms with Crippen LogP contribution >= 0.6 is 15.9 Å². The number of benzene rings is 1. The molecule has 4 heteroatoms. The average Bonchev–Trinajstić information content (AvgIpc) is 2.55. The maximum Gasteiger partial charge on any atom is 0.331 e. The molecule has 98 valence electrons. The van der Waals surface area contributed by atoms with E-state index in [2.05, 4.69) is 15.9 Å². The Morgan fingerprint density at radius 1 is 1.44 bits per heavy atom. The summed E-state index contributed by atoms with van der Waals surface area (Å²) in [6.45, 7) is 5.56. The maximum absolute atomic E-state index is 12.3. The normalized spacial score (nSPS) is 22.7. The highest BCUT2D eigenvalue weighted by Crippen LogP contribution is 2.37. The van der Waals surface area contributed by atoms with Crippen molar-refractivity contribution in [3.63, 3.8) is 0 Å². The van der Waals surface area contributed by atoms with Crippen LogP contribution in [0.15, 0.2) is 22.7 Å². The molecule has 0 aliphatic heterocycles. The third-order valence-electron chi connectivity index (χ3n) is 3.10. The van der Waals surface area contributed by atoms with Gasteiger partial charge >= 0.3 is 5.97 Å². The predicted molar refractivity (Wildman–Crippen MR) is 74.2 cm³/mol. The van der Waals surface area contributed by atoms with E-state index < -0.39 is 11.1 Å². The fourth-order valence-corrected chi connectivity index (χ4v) is 2.66. The van der Waals surface area contributed by atoms with Crippen molar-refractivity contribution in [1.82, 2.24) is 0 Å². The number of aryl methyl sites for hydroxylation is 1. The second-order valence-electron chi connectivity index (χ2n) is 5.77. The van der Waals surface area contributed by atoms with Crippen molar-refractivity contribution in [3.05, 3.63) is 33.8 Å². The number of ether oxygens (including phenoxy) is 1. The Bertz CT molecular complexity index is 493. The summed E-state index contributed by atoms with van der Waals surface area (Å²) in [5, 5.41) is 0. The van der Waals surface area contributed by atoms with Gasteiger partial charge in [0.2, 0.25) is 0 Å². The van der Waals surface area contributed by atoms with Crippen LogP contribution in [-0.2, 0) is 21.5 Å². The SMILES string of the molecule is CC(C)(C)OC(=O)C1(N)CCc2cc(Br)ccc21. The minimum Gasteiger partial charge on any atom is -0.458 e. The number of hydrogen-bond acceptors (Lipinski definition) is 3. The largest absolute Gasteiger partial charge is 0.458 e. The standard InChI is InChI=1S/C14H18BrNO2/c1-13(2,3)18-12(17)14(16)7-6-9-8-10(15)4-5-11(9)14/h4-5,8H,6-7,16H2,1-3H3. The van der Waals surface area contributed by atoms with Crippen LogP contribution in [-0.4, -0.2) is 11.6 Å². The van der Waals surface area contributed by atoms with Gasteiger partial charge in [-0.25, -0.2) is 4.79 Å². The minimum atomic E-state index is -0.997. The number of halogens is 1. The smallest absolute Gasteiger partial charge is 0.331 e. The number of fused-ring (bicyclic) bond motifs is 1. The number of carbonyl (C=O) groups excluding carboxylic acids is 1. The molecule has 1 aromatic rings. The molecule has 0 radical (unpaired) electrons. The molecule has 2 N–H and O–H groups in total. The lowest BCUT2D eigenvalue weighted by molar-refractivity contribution is -0.162. The quantitative estimate of drug-likeness (QED) is 0.811. The van der Waals surface area contributed by atoms with Gasteiger partial charge in [-0.15, -0.1) is 0 Å². The number of nitrogens with two attached hydrogens (primary N) is 1. The molecule has 18 heavy (non-hydrogen) atoms. The van der Waals surface area contributed by atoms with Gasteiger partial charge in [0.25, 0.3) is 0 Å². The lowest BCUT2D eigenvalue weighted by atomic mass is 9.93. The average molecular weight is 312 g/mol. The molecule has 1 unspecified atom stereocenters. The number of rotatable bonds is 1. The van der Waals surface area contributed by atoms with Crippen molar-refractivity contribution in [2.24, 2.45) is 5.73 Å². The second-order valence-corrected chi connectivity index (χ2v) is 6.69. The van der Waals surface area contributed by atoms with E-state index >= 15 is 0 Å². The molecule has 0 spiro atoms. The van der Waals surface area contributed by atoms with Crippen LogP contribution in [0.4, 0.5) is 0 Å². The molecule has 1 aliphatic carbocycles. The summed E-state index contributed by atoms with van der Waals surface area (Å²) < 4.78 is 6.45. The lowest BCUT2D eigenvalue weighted by Gasteiger charge is -2.28. The van der Waals surface area contributed by atoms with Gasteiger partial charge in [0.05, 0.1) is 0 Å². The van der Waals surface area contributed by atoms with E-state index in [1.54, 1.807) is 0 Å². The van der Waals surface area contributed by atoms with E-state index in [4.69, 9.17) is 10.5 Å². The molecule has 0 bridgehead atoms. The zero-order valence-corrected chi connectivity index (χ0v) is 12.5. The summed E-state index contributed by atoms with van der Waals surface area (Å²) in [6, 6.07) is 5.85. The third-order valence-corrected chi connectivity index (χ3v) is 3.59. The summed E-state index contributed by atoms with van der Waals surface area (Å²) in [4.78, 5) is 12.3. The van der Waals surface area contributed by atoms with E-state index in [9.17, 15) is 4.79 Å². The Balaban J connectivity index is 2.33. The fourth-order valence-electron chi connectivity index (χ4n) is 2.25. The molecule has 0 fully saturated rings. The van der Waals surface area contributed by atoms with Crippen LogP contribution in [0.25, 0.3) is 0 Å². The van der Waals surface area contributed by atoms with Crippen LogP contribution in [0.2, 0.25) is 0 Å². The molecule has 0 saturated heterocycles. The van der Waals surface area contributed by atoms with Crippen molar-refractivity contribution in [2.45, 2.75) is 44.8 Å². The second kappa shape index (κ2) is 4.35. The lowest BCUT2D eigenvalue weighted by Crippen LogP contribution is -2.46. The number of carbonyl (C=O) groups is 1. The Labute approximate surface area is 116 Å². The van der Waals surface area contributed by atoms with Crippen LogP contribution in [0.1, 0.15) is 38.3 Å². The summed E-state index contributed by atoms with van der Waals surface area (Å²) in [7, 11) is 0. The molecule has 1 aromatic carbocycles. The van der Waals surface area contributed by atoms with E-state index in [0.717, 1.165) is 22.0 Å². The highest BCUT2D eigenvalue weighted by molar-refractivity contribution is 9.10. The zero-order valence-electron chi connectivity index (χ0n) is 10.9. The van der Waals surface area contributed by atoms with Gasteiger partial charge in [-0.05, 0) is 56.9 Å². The van der Waals surface area contributed by atoms with Crippen LogP contribution in [0, 0.1) is 0 Å². The van der Waals surface area contributed by atoms with Gasteiger partial charge in [-0.2, -0.15) is 0 Å². The van der Waals surface area contributed by atoms with Crippen LogP contribution in [0.3, 0.4) is 0 Å². The highest BCUT2D eigenvalue weighted by atomic mass is 79.9. The van der Waals surface area contributed by atoms with E-state index in [1.165, 1.54) is 0 Å². The maximum atomic E-state index is 12.3.